The van der Waals surface area contributed by atoms with Gasteiger partial charge in [-0.05, 0) is 17.7 Å². The molecule has 6 heteroatoms. The summed E-state index contributed by atoms with van der Waals surface area (Å²) in [6.45, 7) is 2.97. The maximum Gasteiger partial charge on any atom is 0.157 e. The van der Waals surface area contributed by atoms with Crippen LogP contribution in [0.3, 0.4) is 0 Å². The Bertz CT molecular complexity index is 739. The van der Waals surface area contributed by atoms with Gasteiger partial charge in [-0.1, -0.05) is 35.5 Å². The summed E-state index contributed by atoms with van der Waals surface area (Å²) in [6.07, 6.45) is 3.49. The zero-order chi connectivity index (χ0) is 15.5. The van der Waals surface area contributed by atoms with Gasteiger partial charge >= 0.3 is 0 Å². The van der Waals surface area contributed by atoms with E-state index >= 15 is 0 Å². The zero-order valence-corrected chi connectivity index (χ0v) is 12.7. The minimum absolute atomic E-state index is 0.162. The van der Waals surface area contributed by atoms with Crippen LogP contribution in [0, 0.1) is 0 Å². The van der Waals surface area contributed by atoms with Gasteiger partial charge in [-0.2, -0.15) is 0 Å². The second-order valence-corrected chi connectivity index (χ2v) is 5.60. The molecule has 1 aliphatic rings. The van der Waals surface area contributed by atoms with Crippen molar-refractivity contribution in [2.75, 3.05) is 13.2 Å². The van der Waals surface area contributed by atoms with Crippen LogP contribution in [-0.4, -0.2) is 33.0 Å². The van der Waals surface area contributed by atoms with E-state index in [1.54, 1.807) is 6.26 Å². The lowest BCUT2D eigenvalue weighted by atomic mass is 10.2. The van der Waals surface area contributed by atoms with Gasteiger partial charge in [-0.3, -0.25) is 4.90 Å². The third kappa shape index (κ3) is 3.18. The third-order valence-electron chi connectivity index (χ3n) is 3.92. The van der Waals surface area contributed by atoms with Gasteiger partial charge in [0.1, 0.15) is 11.5 Å². The van der Waals surface area contributed by atoms with E-state index in [-0.39, 0.29) is 6.23 Å². The van der Waals surface area contributed by atoms with Crippen molar-refractivity contribution >= 4 is 0 Å². The molecule has 1 atom stereocenters. The largest absolute Gasteiger partial charge is 0.468 e. The van der Waals surface area contributed by atoms with E-state index in [4.69, 9.17) is 9.15 Å². The van der Waals surface area contributed by atoms with Crippen LogP contribution in [-0.2, 0) is 17.8 Å². The molecule has 0 N–H and O–H groups in total. The van der Waals surface area contributed by atoms with Gasteiger partial charge < -0.3 is 9.15 Å². The molecular formula is C17H18N4O2. The van der Waals surface area contributed by atoms with Gasteiger partial charge in [-0.15, -0.1) is 5.10 Å². The summed E-state index contributed by atoms with van der Waals surface area (Å²) in [5.41, 5.74) is 2.04. The van der Waals surface area contributed by atoms with E-state index in [9.17, 15) is 0 Å². The number of aromatic nitrogens is 3. The Morgan fingerprint density at radius 2 is 2.00 bits per heavy atom. The molecule has 6 nitrogen and oxygen atoms in total. The fourth-order valence-electron chi connectivity index (χ4n) is 2.82. The summed E-state index contributed by atoms with van der Waals surface area (Å²) in [5.74, 6) is 0.928. The number of hydrogen-bond donors (Lipinski definition) is 0. The molecule has 0 radical (unpaired) electrons. The Morgan fingerprint density at radius 1 is 1.09 bits per heavy atom. The van der Waals surface area contributed by atoms with Crippen LogP contribution >= 0.6 is 0 Å². The van der Waals surface area contributed by atoms with Gasteiger partial charge in [-0.25, -0.2) is 4.68 Å². The number of furan rings is 1. The van der Waals surface area contributed by atoms with Gasteiger partial charge in [0.15, 0.2) is 6.23 Å². The van der Waals surface area contributed by atoms with Gasteiger partial charge in [0.2, 0.25) is 0 Å². The number of hydrogen-bond acceptors (Lipinski definition) is 5. The molecule has 1 aromatic carbocycles. The summed E-state index contributed by atoms with van der Waals surface area (Å²) in [5, 5.41) is 8.51. The smallest absolute Gasteiger partial charge is 0.157 e. The van der Waals surface area contributed by atoms with E-state index in [2.05, 4.69) is 27.3 Å². The second-order valence-electron chi connectivity index (χ2n) is 5.60. The molecule has 118 valence electrons. The number of benzene rings is 1. The van der Waals surface area contributed by atoms with Crippen molar-refractivity contribution in [2.45, 2.75) is 19.3 Å². The first-order valence-electron chi connectivity index (χ1n) is 7.70. The van der Waals surface area contributed by atoms with Crippen molar-refractivity contribution in [3.63, 3.8) is 0 Å². The maximum absolute atomic E-state index is 5.83. The highest BCUT2D eigenvalue weighted by Crippen LogP contribution is 2.27. The van der Waals surface area contributed by atoms with Gasteiger partial charge in [0, 0.05) is 6.54 Å². The van der Waals surface area contributed by atoms with Crippen LogP contribution in [0.25, 0.3) is 0 Å². The lowest BCUT2D eigenvalue weighted by Crippen LogP contribution is -2.23. The molecule has 3 aromatic rings. The molecule has 4 rings (SSSR count). The molecule has 23 heavy (non-hydrogen) atoms. The van der Waals surface area contributed by atoms with Crippen molar-refractivity contribution in [3.05, 3.63) is 71.9 Å². The van der Waals surface area contributed by atoms with Crippen LogP contribution < -0.4 is 0 Å². The summed E-state index contributed by atoms with van der Waals surface area (Å²) in [6, 6.07) is 14.1. The molecule has 0 unspecified atom stereocenters. The summed E-state index contributed by atoms with van der Waals surface area (Å²) < 4.78 is 13.1. The molecule has 1 aliphatic heterocycles. The highest BCUT2D eigenvalue weighted by Gasteiger charge is 2.29. The molecule has 0 saturated carbocycles. The SMILES string of the molecule is c1ccc(Cn2cc([C@@H]3OCCN3Cc3ccco3)nn2)cc1. The first-order valence-corrected chi connectivity index (χ1v) is 7.70. The van der Waals surface area contributed by atoms with Crippen molar-refractivity contribution in [3.8, 4) is 0 Å². The topological polar surface area (TPSA) is 56.3 Å². The quantitative estimate of drug-likeness (QED) is 0.724. The normalized spacial score (nSPS) is 18.5. The van der Waals surface area contributed by atoms with Crippen LogP contribution in [0.15, 0.2) is 59.3 Å². The molecule has 0 bridgehead atoms. The Kier molecular flexibility index (Phi) is 3.92. The zero-order valence-electron chi connectivity index (χ0n) is 12.7. The highest BCUT2D eigenvalue weighted by molar-refractivity contribution is 5.15. The van der Waals surface area contributed by atoms with Crippen molar-refractivity contribution < 1.29 is 9.15 Å². The highest BCUT2D eigenvalue weighted by atomic mass is 16.5. The fourth-order valence-corrected chi connectivity index (χ4v) is 2.82. The molecule has 1 fully saturated rings. The number of nitrogens with zero attached hydrogens (tertiary/aromatic N) is 4. The standard InChI is InChI=1S/C17H18N4O2/c1-2-5-14(6-3-1)11-21-13-16(18-19-21)17-20(8-10-23-17)12-15-7-4-9-22-15/h1-7,9,13,17H,8,10-12H2/t17-/m0/s1. The fraction of sp³-hybridized carbons (Fsp3) is 0.294. The Hall–Kier alpha value is -2.44. The van der Waals surface area contributed by atoms with Crippen molar-refractivity contribution in [1.82, 2.24) is 19.9 Å². The number of ether oxygens (including phenoxy) is 1. The Balaban J connectivity index is 1.47. The average Bonchev–Trinajstić information content (AvgIpc) is 3.30. The summed E-state index contributed by atoms with van der Waals surface area (Å²) >= 11 is 0. The van der Waals surface area contributed by atoms with Crippen molar-refractivity contribution in [1.29, 1.82) is 0 Å². The Morgan fingerprint density at radius 3 is 2.83 bits per heavy atom. The van der Waals surface area contributed by atoms with E-state index < -0.39 is 0 Å². The average molecular weight is 310 g/mol. The van der Waals surface area contributed by atoms with Gasteiger partial charge in [0.05, 0.1) is 32.2 Å². The van der Waals surface area contributed by atoms with E-state index in [0.717, 1.165) is 18.0 Å². The number of rotatable bonds is 5. The van der Waals surface area contributed by atoms with E-state index in [1.165, 1.54) is 5.56 Å². The lowest BCUT2D eigenvalue weighted by molar-refractivity contribution is 0.0223. The van der Waals surface area contributed by atoms with Crippen LogP contribution in [0.1, 0.15) is 23.2 Å². The lowest BCUT2D eigenvalue weighted by Gasteiger charge is -2.19. The summed E-state index contributed by atoms with van der Waals surface area (Å²) in [7, 11) is 0. The second kappa shape index (κ2) is 6.36. The molecule has 1 saturated heterocycles. The molecule has 2 aromatic heterocycles. The third-order valence-corrected chi connectivity index (χ3v) is 3.92. The Labute approximate surface area is 134 Å². The molecule has 3 heterocycles. The maximum atomic E-state index is 5.83. The molecular weight excluding hydrogens is 292 g/mol. The van der Waals surface area contributed by atoms with Crippen LogP contribution in [0.5, 0.6) is 0 Å². The summed E-state index contributed by atoms with van der Waals surface area (Å²) in [4.78, 5) is 2.20. The molecule has 0 spiro atoms. The predicted octanol–water partition coefficient (Wildman–Crippen LogP) is 2.45. The van der Waals surface area contributed by atoms with Crippen LogP contribution in [0.2, 0.25) is 0 Å². The van der Waals surface area contributed by atoms with Crippen molar-refractivity contribution in [2.24, 2.45) is 0 Å². The predicted molar refractivity (Wildman–Crippen MR) is 83.4 cm³/mol. The first kappa shape index (κ1) is 14.2. The van der Waals surface area contributed by atoms with Crippen LogP contribution in [0.4, 0.5) is 0 Å². The molecule has 0 aliphatic carbocycles. The minimum Gasteiger partial charge on any atom is -0.468 e. The molecule has 0 amide bonds. The van der Waals surface area contributed by atoms with E-state index in [1.807, 2.05) is 41.2 Å². The minimum atomic E-state index is -0.162. The van der Waals surface area contributed by atoms with Gasteiger partial charge in [0.25, 0.3) is 0 Å². The monoisotopic (exact) mass is 310 g/mol. The first-order chi connectivity index (χ1) is 11.4. The van der Waals surface area contributed by atoms with E-state index in [0.29, 0.717) is 19.7 Å².